The molecule has 1 fully saturated rings. The molecule has 1 aliphatic rings. The van der Waals surface area contributed by atoms with E-state index in [2.05, 4.69) is 0 Å². The Bertz CT molecular complexity index is 954. The zero-order chi connectivity index (χ0) is 21.0. The van der Waals surface area contributed by atoms with Gasteiger partial charge in [0.2, 0.25) is 6.10 Å². The van der Waals surface area contributed by atoms with Crippen molar-refractivity contribution in [2.24, 2.45) is 11.8 Å². The van der Waals surface area contributed by atoms with E-state index in [4.69, 9.17) is 21.1 Å². The number of ether oxygens (including phenoxy) is 2. The van der Waals surface area contributed by atoms with E-state index in [9.17, 15) is 23.2 Å². The maximum atomic E-state index is 12.5. The summed E-state index contributed by atoms with van der Waals surface area (Å²) in [6.07, 6.45) is -4.85. The summed E-state index contributed by atoms with van der Waals surface area (Å²) in [5.74, 6) is -1.08. The molecule has 0 spiro atoms. The monoisotopic (exact) mass is 421 g/mol. The number of hydrogen-bond donors (Lipinski definition) is 0. The van der Waals surface area contributed by atoms with Crippen molar-refractivity contribution in [2.45, 2.75) is 18.7 Å². The van der Waals surface area contributed by atoms with Gasteiger partial charge in [-0.25, -0.2) is 0 Å². The molecule has 3 rings (SSSR count). The zero-order valence-corrected chi connectivity index (χ0v) is 15.7. The van der Waals surface area contributed by atoms with Gasteiger partial charge in [0.05, 0.1) is 5.92 Å². The van der Waals surface area contributed by atoms with Gasteiger partial charge in [0.25, 0.3) is 0 Å². The number of esters is 1. The van der Waals surface area contributed by atoms with Crippen molar-refractivity contribution in [2.75, 3.05) is 0 Å². The summed E-state index contributed by atoms with van der Waals surface area (Å²) in [6.45, 7) is 0. The molecule has 0 heterocycles. The van der Waals surface area contributed by atoms with Crippen molar-refractivity contribution in [3.8, 4) is 17.6 Å². The van der Waals surface area contributed by atoms with Crippen LogP contribution in [0.1, 0.15) is 18.1 Å². The van der Waals surface area contributed by atoms with Crippen LogP contribution in [-0.4, -0.2) is 12.1 Å². The van der Waals surface area contributed by atoms with Gasteiger partial charge in [-0.05, 0) is 36.6 Å². The van der Waals surface area contributed by atoms with E-state index in [1.807, 2.05) is 24.3 Å². The number of para-hydroxylation sites is 1. The molecule has 0 N–H and O–H groups in total. The smallest absolute Gasteiger partial charge is 0.426 e. The van der Waals surface area contributed by atoms with Gasteiger partial charge in [0.1, 0.15) is 22.6 Å². The molecule has 0 aromatic heterocycles. The van der Waals surface area contributed by atoms with Crippen LogP contribution in [0.3, 0.4) is 0 Å². The minimum atomic E-state index is -4.65. The van der Waals surface area contributed by atoms with Gasteiger partial charge in [-0.3, -0.25) is 4.79 Å². The van der Waals surface area contributed by atoms with E-state index in [0.29, 0.717) is 17.1 Å². The van der Waals surface area contributed by atoms with Gasteiger partial charge in [-0.1, -0.05) is 48.0 Å². The lowest BCUT2D eigenvalue weighted by atomic mass is 10.1. The molecule has 2 aromatic rings. The van der Waals surface area contributed by atoms with Crippen LogP contribution in [0.15, 0.2) is 65.7 Å². The molecule has 1 aliphatic carbocycles. The summed E-state index contributed by atoms with van der Waals surface area (Å²) < 4.78 is 48.3. The van der Waals surface area contributed by atoms with Gasteiger partial charge >= 0.3 is 12.1 Å². The standard InChI is InChI=1S/C21H15ClF3NO3/c22-19(21(23,24)25)11-14-10-17(14)20(27)29-18(12-26)13-5-4-8-16(9-13)28-15-6-2-1-3-7-15/h1-9,11,14,17-18H,10H2/b19-11-/t14-,17-,18+/m0/s1. The van der Waals surface area contributed by atoms with Crippen molar-refractivity contribution >= 4 is 17.6 Å². The largest absolute Gasteiger partial charge is 0.457 e. The van der Waals surface area contributed by atoms with Crippen molar-refractivity contribution in [1.82, 2.24) is 0 Å². The second-order valence-corrected chi connectivity index (χ2v) is 6.86. The molecule has 1 saturated carbocycles. The van der Waals surface area contributed by atoms with Crippen LogP contribution < -0.4 is 4.74 Å². The molecular weight excluding hydrogens is 407 g/mol. The summed E-state index contributed by atoms with van der Waals surface area (Å²) in [7, 11) is 0. The maximum Gasteiger partial charge on any atom is 0.426 e. The van der Waals surface area contributed by atoms with Gasteiger partial charge in [-0.2, -0.15) is 18.4 Å². The Morgan fingerprint density at radius 3 is 2.52 bits per heavy atom. The highest BCUT2D eigenvalue weighted by atomic mass is 35.5. The second kappa shape index (κ2) is 8.58. The molecule has 3 atom stereocenters. The van der Waals surface area contributed by atoms with Crippen LogP contribution in [0, 0.1) is 23.2 Å². The molecule has 0 saturated heterocycles. The Kier molecular flexibility index (Phi) is 6.14. The van der Waals surface area contributed by atoms with Gasteiger partial charge in [0, 0.05) is 5.56 Å². The van der Waals surface area contributed by atoms with Gasteiger partial charge in [-0.15, -0.1) is 0 Å². The van der Waals surface area contributed by atoms with Crippen LogP contribution in [0.5, 0.6) is 11.5 Å². The van der Waals surface area contributed by atoms with E-state index in [1.165, 1.54) is 0 Å². The Morgan fingerprint density at radius 2 is 1.86 bits per heavy atom. The number of nitriles is 1. The minimum absolute atomic E-state index is 0.195. The van der Waals surface area contributed by atoms with E-state index in [0.717, 1.165) is 6.08 Å². The third-order valence-electron chi connectivity index (χ3n) is 4.26. The quantitative estimate of drug-likeness (QED) is 0.544. The summed E-state index contributed by atoms with van der Waals surface area (Å²) >= 11 is 5.19. The number of allylic oxidation sites excluding steroid dienone is 2. The third-order valence-corrected chi connectivity index (χ3v) is 4.61. The van der Waals surface area contributed by atoms with Crippen LogP contribution >= 0.6 is 11.6 Å². The van der Waals surface area contributed by atoms with Crippen LogP contribution in [0.2, 0.25) is 0 Å². The van der Waals surface area contributed by atoms with E-state index in [1.54, 1.807) is 36.4 Å². The van der Waals surface area contributed by atoms with Crippen molar-refractivity contribution in [1.29, 1.82) is 5.26 Å². The lowest BCUT2D eigenvalue weighted by molar-refractivity contribution is -0.148. The van der Waals surface area contributed by atoms with Crippen LogP contribution in [0.25, 0.3) is 0 Å². The molecule has 0 radical (unpaired) electrons. The third kappa shape index (κ3) is 5.52. The first-order valence-electron chi connectivity index (χ1n) is 8.65. The minimum Gasteiger partial charge on any atom is -0.457 e. The lowest BCUT2D eigenvalue weighted by Crippen LogP contribution is -2.13. The number of benzene rings is 2. The molecule has 4 nitrogen and oxygen atoms in total. The topological polar surface area (TPSA) is 59.3 Å². The molecule has 29 heavy (non-hydrogen) atoms. The molecule has 0 unspecified atom stereocenters. The van der Waals surface area contributed by atoms with E-state index >= 15 is 0 Å². The summed E-state index contributed by atoms with van der Waals surface area (Å²) in [4.78, 5) is 12.2. The average molecular weight is 422 g/mol. The summed E-state index contributed by atoms with van der Waals surface area (Å²) in [6, 6.07) is 17.4. The highest BCUT2D eigenvalue weighted by Crippen LogP contribution is 2.44. The van der Waals surface area contributed by atoms with Crippen LogP contribution in [-0.2, 0) is 9.53 Å². The molecule has 2 aromatic carbocycles. The first kappa shape index (κ1) is 20.7. The number of nitrogens with zero attached hydrogens (tertiary/aromatic N) is 1. The first-order valence-corrected chi connectivity index (χ1v) is 9.03. The van der Waals surface area contributed by atoms with Gasteiger partial charge in [0.15, 0.2) is 0 Å². The molecule has 0 bridgehead atoms. The zero-order valence-electron chi connectivity index (χ0n) is 14.9. The van der Waals surface area contributed by atoms with Crippen molar-refractivity contribution in [3.05, 3.63) is 71.3 Å². The lowest BCUT2D eigenvalue weighted by Gasteiger charge is -2.13. The first-order chi connectivity index (χ1) is 13.8. The summed E-state index contributed by atoms with van der Waals surface area (Å²) in [5, 5.41) is 8.12. The van der Waals surface area contributed by atoms with Crippen molar-refractivity contribution < 1.29 is 27.4 Å². The molecule has 0 amide bonds. The number of carbonyl (C=O) groups excluding carboxylic acids is 1. The van der Waals surface area contributed by atoms with Gasteiger partial charge < -0.3 is 9.47 Å². The number of rotatable bonds is 6. The Labute approximate surface area is 170 Å². The van der Waals surface area contributed by atoms with Crippen LogP contribution in [0.4, 0.5) is 13.2 Å². The average Bonchev–Trinajstić information content (AvgIpc) is 3.45. The second-order valence-electron chi connectivity index (χ2n) is 6.45. The highest BCUT2D eigenvalue weighted by molar-refractivity contribution is 6.30. The van der Waals surface area contributed by atoms with E-state index in [-0.39, 0.29) is 6.42 Å². The van der Waals surface area contributed by atoms with Crippen molar-refractivity contribution in [3.63, 3.8) is 0 Å². The number of alkyl halides is 3. The predicted molar refractivity (Wildman–Crippen MR) is 99.0 cm³/mol. The molecule has 8 heteroatoms. The number of halogens is 4. The highest BCUT2D eigenvalue weighted by Gasteiger charge is 2.46. The Hall–Kier alpha value is -2.98. The molecule has 150 valence electrons. The Morgan fingerprint density at radius 1 is 1.17 bits per heavy atom. The fraction of sp³-hybridized carbons (Fsp3) is 0.238. The van der Waals surface area contributed by atoms with E-state index < -0.39 is 35.1 Å². The fourth-order valence-corrected chi connectivity index (χ4v) is 2.85. The summed E-state index contributed by atoms with van der Waals surface area (Å²) in [5.41, 5.74) is 0.398. The Balaban J connectivity index is 1.64. The number of carbonyl (C=O) groups is 1. The fourth-order valence-electron chi connectivity index (χ4n) is 2.69. The SMILES string of the molecule is N#C[C@@H](OC(=O)[C@H]1C[C@H]1/C=C(\Cl)C(F)(F)F)c1cccc(Oc2ccccc2)c1. The molecular formula is C21H15ClF3NO3. The normalized spacial score (nSPS) is 19.8. The molecule has 0 aliphatic heterocycles. The maximum absolute atomic E-state index is 12.5. The predicted octanol–water partition coefficient (Wildman–Crippen LogP) is 5.91. The number of hydrogen-bond acceptors (Lipinski definition) is 4.